The first-order valence-electron chi connectivity index (χ1n) is 8.50. The van der Waals surface area contributed by atoms with Crippen LogP contribution in [0.3, 0.4) is 0 Å². The Kier molecular flexibility index (Phi) is 5.54. The van der Waals surface area contributed by atoms with Crippen LogP contribution >= 0.6 is 0 Å². The Hall–Kier alpha value is -3.27. The molecule has 1 fully saturated rings. The molecule has 0 aliphatic carbocycles. The Morgan fingerprint density at radius 3 is 2.77 bits per heavy atom. The lowest BCUT2D eigenvalue weighted by Gasteiger charge is -2.22. The lowest BCUT2D eigenvalue weighted by molar-refractivity contribution is -0.129. The van der Waals surface area contributed by atoms with Crippen molar-refractivity contribution in [3.63, 3.8) is 0 Å². The molecule has 7 nitrogen and oxygen atoms in total. The number of amides is 1. The van der Waals surface area contributed by atoms with Gasteiger partial charge in [-0.2, -0.15) is 5.26 Å². The van der Waals surface area contributed by atoms with Gasteiger partial charge in [0.25, 0.3) is 0 Å². The predicted octanol–water partition coefficient (Wildman–Crippen LogP) is 1.66. The number of pyridine rings is 2. The molecule has 0 N–H and O–H groups in total. The highest BCUT2D eigenvalue weighted by Gasteiger charge is 2.20. The third-order valence-electron chi connectivity index (χ3n) is 4.29. The highest BCUT2D eigenvalue weighted by atomic mass is 16.2. The summed E-state index contributed by atoms with van der Waals surface area (Å²) in [5.41, 5.74) is 0.874. The van der Waals surface area contributed by atoms with E-state index in [1.807, 2.05) is 18.2 Å². The zero-order chi connectivity index (χ0) is 18.4. The third-order valence-corrected chi connectivity index (χ3v) is 4.29. The van der Waals surface area contributed by atoms with Gasteiger partial charge in [-0.05, 0) is 30.7 Å². The average molecular weight is 349 g/mol. The van der Waals surface area contributed by atoms with Gasteiger partial charge in [0.05, 0.1) is 6.07 Å². The summed E-state index contributed by atoms with van der Waals surface area (Å²) in [4.78, 5) is 36.7. The lowest BCUT2D eigenvalue weighted by atomic mass is 10.1. The normalized spacial score (nSPS) is 14.4. The van der Waals surface area contributed by atoms with E-state index in [1.165, 1.54) is 6.20 Å². The van der Waals surface area contributed by atoms with E-state index in [9.17, 15) is 9.59 Å². The number of nitrogens with zero attached hydrogens (tertiary/aromatic N) is 5. The second kappa shape index (κ2) is 8.21. The van der Waals surface area contributed by atoms with E-state index in [0.717, 1.165) is 13.0 Å². The third kappa shape index (κ3) is 4.03. The minimum absolute atomic E-state index is 0.0899. The van der Waals surface area contributed by atoms with Crippen LogP contribution in [0.4, 0.5) is 5.82 Å². The largest absolute Gasteiger partial charge is 0.355 e. The number of carbonyl (C=O) groups excluding carboxylic acids is 2. The van der Waals surface area contributed by atoms with E-state index < -0.39 is 0 Å². The highest BCUT2D eigenvalue weighted by molar-refractivity contribution is 6.07. The van der Waals surface area contributed by atoms with Crippen molar-refractivity contribution in [2.45, 2.75) is 12.8 Å². The van der Waals surface area contributed by atoms with Gasteiger partial charge in [0.15, 0.2) is 0 Å². The molecule has 132 valence electrons. The van der Waals surface area contributed by atoms with Crippen LogP contribution in [0.2, 0.25) is 0 Å². The molecule has 0 unspecified atom stereocenters. The van der Waals surface area contributed by atoms with Crippen molar-refractivity contribution >= 4 is 17.5 Å². The van der Waals surface area contributed by atoms with E-state index >= 15 is 0 Å². The number of hydrogen-bond donors (Lipinski definition) is 0. The molecule has 2 aromatic heterocycles. The molecule has 0 spiro atoms. The fourth-order valence-corrected chi connectivity index (χ4v) is 2.95. The smallest absolute Gasteiger partial charge is 0.236 e. The fourth-order valence-electron chi connectivity index (χ4n) is 2.95. The van der Waals surface area contributed by atoms with Gasteiger partial charge in [-0.15, -0.1) is 0 Å². The first-order chi connectivity index (χ1) is 12.7. The fraction of sp³-hybridized carbons (Fsp3) is 0.316. The zero-order valence-corrected chi connectivity index (χ0v) is 14.3. The van der Waals surface area contributed by atoms with Crippen LogP contribution in [0.25, 0.3) is 0 Å². The molecule has 0 bridgehead atoms. The van der Waals surface area contributed by atoms with Crippen molar-refractivity contribution in [2.24, 2.45) is 0 Å². The molecule has 1 saturated heterocycles. The van der Waals surface area contributed by atoms with Gasteiger partial charge in [-0.25, -0.2) is 4.98 Å². The molecule has 2 aromatic rings. The lowest BCUT2D eigenvalue weighted by Crippen LogP contribution is -2.35. The molecule has 1 aliphatic heterocycles. The molecule has 0 atom stereocenters. The Labute approximate surface area is 151 Å². The molecular formula is C19H19N5O2. The van der Waals surface area contributed by atoms with Crippen molar-refractivity contribution in [2.75, 3.05) is 31.1 Å². The number of carbonyl (C=O) groups is 2. The summed E-state index contributed by atoms with van der Waals surface area (Å²) in [6.45, 7) is 2.54. The SMILES string of the molecule is N#CCC(=O)N1CCCN(c2cccc(C(=O)c3cccnc3)n2)CC1. The van der Waals surface area contributed by atoms with Gasteiger partial charge >= 0.3 is 0 Å². The highest BCUT2D eigenvalue weighted by Crippen LogP contribution is 2.16. The van der Waals surface area contributed by atoms with Gasteiger partial charge in [0.1, 0.15) is 17.9 Å². The van der Waals surface area contributed by atoms with Crippen molar-refractivity contribution in [3.8, 4) is 6.07 Å². The second-order valence-corrected chi connectivity index (χ2v) is 6.01. The summed E-state index contributed by atoms with van der Waals surface area (Å²) < 4.78 is 0. The first-order valence-corrected chi connectivity index (χ1v) is 8.50. The molecule has 0 aromatic carbocycles. The summed E-state index contributed by atoms with van der Waals surface area (Å²) in [6.07, 6.45) is 3.85. The molecule has 1 aliphatic rings. The summed E-state index contributed by atoms with van der Waals surface area (Å²) >= 11 is 0. The van der Waals surface area contributed by atoms with Gasteiger partial charge < -0.3 is 9.80 Å². The van der Waals surface area contributed by atoms with Crippen LogP contribution in [-0.4, -0.2) is 52.7 Å². The van der Waals surface area contributed by atoms with Gasteiger partial charge in [-0.3, -0.25) is 14.6 Å². The Morgan fingerprint density at radius 1 is 1.12 bits per heavy atom. The minimum Gasteiger partial charge on any atom is -0.355 e. The first kappa shape index (κ1) is 17.5. The van der Waals surface area contributed by atoms with Gasteiger partial charge in [0.2, 0.25) is 11.7 Å². The van der Waals surface area contributed by atoms with Gasteiger partial charge in [0, 0.05) is 44.1 Å². The van der Waals surface area contributed by atoms with E-state index in [4.69, 9.17) is 5.26 Å². The van der Waals surface area contributed by atoms with Crippen LogP contribution < -0.4 is 4.90 Å². The van der Waals surface area contributed by atoms with E-state index in [0.29, 0.717) is 36.7 Å². The van der Waals surface area contributed by atoms with Crippen LogP contribution in [0.5, 0.6) is 0 Å². The van der Waals surface area contributed by atoms with Gasteiger partial charge in [-0.1, -0.05) is 6.07 Å². The molecule has 0 radical (unpaired) electrons. The van der Waals surface area contributed by atoms with Crippen LogP contribution in [0.1, 0.15) is 28.9 Å². The van der Waals surface area contributed by atoms with Crippen LogP contribution in [0, 0.1) is 11.3 Å². The second-order valence-electron chi connectivity index (χ2n) is 6.01. The van der Waals surface area contributed by atoms with E-state index in [1.54, 1.807) is 29.3 Å². The van der Waals surface area contributed by atoms with Crippen LogP contribution in [0.15, 0.2) is 42.7 Å². The van der Waals surface area contributed by atoms with Crippen molar-refractivity contribution < 1.29 is 9.59 Å². The predicted molar refractivity (Wildman–Crippen MR) is 95.5 cm³/mol. The maximum atomic E-state index is 12.6. The van der Waals surface area contributed by atoms with E-state index in [2.05, 4.69) is 14.9 Å². The minimum atomic E-state index is -0.166. The monoisotopic (exact) mass is 349 g/mol. The number of aromatic nitrogens is 2. The Bertz CT molecular complexity index is 831. The average Bonchev–Trinajstić information content (AvgIpc) is 2.95. The molecule has 1 amide bonds. The van der Waals surface area contributed by atoms with Crippen molar-refractivity contribution in [1.29, 1.82) is 5.26 Å². The summed E-state index contributed by atoms with van der Waals surface area (Å²) in [5.74, 6) is 0.415. The number of anilines is 1. The number of rotatable bonds is 4. The Balaban J connectivity index is 1.73. The Morgan fingerprint density at radius 2 is 2.00 bits per heavy atom. The molecule has 3 rings (SSSR count). The number of hydrogen-bond acceptors (Lipinski definition) is 6. The molecule has 26 heavy (non-hydrogen) atoms. The summed E-state index contributed by atoms with van der Waals surface area (Å²) in [5, 5.41) is 8.69. The maximum absolute atomic E-state index is 12.6. The summed E-state index contributed by atoms with van der Waals surface area (Å²) in [7, 11) is 0. The summed E-state index contributed by atoms with van der Waals surface area (Å²) in [6, 6.07) is 10.7. The van der Waals surface area contributed by atoms with Crippen LogP contribution in [-0.2, 0) is 4.79 Å². The maximum Gasteiger partial charge on any atom is 0.236 e. The molecule has 7 heteroatoms. The molecular weight excluding hydrogens is 330 g/mol. The molecule has 3 heterocycles. The number of nitriles is 1. The van der Waals surface area contributed by atoms with Crippen molar-refractivity contribution in [3.05, 3.63) is 54.0 Å². The topological polar surface area (TPSA) is 90.2 Å². The standard InChI is InChI=1S/C19H19N5O2/c20-8-7-18(25)24-11-3-10-23(12-13-24)17-6-1-5-16(22-17)19(26)15-4-2-9-21-14-15/h1-2,4-6,9,14H,3,7,10-13H2. The molecule has 0 saturated carbocycles. The quantitative estimate of drug-likeness (QED) is 0.780. The zero-order valence-electron chi connectivity index (χ0n) is 14.3. The number of ketones is 1. The van der Waals surface area contributed by atoms with E-state index in [-0.39, 0.29) is 18.1 Å². The van der Waals surface area contributed by atoms with Crippen molar-refractivity contribution in [1.82, 2.24) is 14.9 Å².